The second kappa shape index (κ2) is 7.88. The van der Waals surface area contributed by atoms with E-state index >= 15 is 0 Å². The largest absolute Gasteiger partial charge is 0.493 e. The number of amides is 1. The van der Waals surface area contributed by atoms with Crippen LogP contribution < -0.4 is 10.1 Å². The lowest BCUT2D eigenvalue weighted by molar-refractivity contribution is -0.158. The number of methoxy groups -OCH3 is 1. The molecule has 34 heavy (non-hydrogen) atoms. The number of ether oxygens (including phenoxy) is 1. The van der Waals surface area contributed by atoms with Crippen LogP contribution >= 0.6 is 0 Å². The number of aliphatic hydroxyl groups excluding tert-OH is 1. The van der Waals surface area contributed by atoms with E-state index in [0.717, 1.165) is 36.1 Å². The molecule has 2 bridgehead atoms. The molecule has 3 saturated carbocycles. The molecule has 1 amide bonds. The smallest absolute Gasteiger partial charge is 0.231 e. The molecule has 0 aliphatic heterocycles. The van der Waals surface area contributed by atoms with E-state index in [0.29, 0.717) is 40.8 Å². The number of carbonyl (C=O) groups is 1. The number of fused-ring (bicyclic) bond motifs is 1. The molecule has 2 N–H and O–H groups in total. The minimum atomic E-state index is -0.242. The van der Waals surface area contributed by atoms with Gasteiger partial charge in [0.1, 0.15) is 23.2 Å². The standard InChI is InChI=1S/C25H24N6O3/c1-34-19-9-18-22(28-23(19)29-24(33)25-10-15(11-25)12-25)21(27-14-26-18)17-13-31(7-8-32)30-20(17)16-5-3-2-4-6-16/h2-6,9,13-15,32H,7-8,10-12H2,1H3,(H,28,29,33). The van der Waals surface area contributed by atoms with Gasteiger partial charge < -0.3 is 15.2 Å². The fraction of sp³-hybridized carbons (Fsp3) is 0.320. The van der Waals surface area contributed by atoms with Crippen LogP contribution in [0.4, 0.5) is 5.82 Å². The van der Waals surface area contributed by atoms with Crippen molar-refractivity contribution < 1.29 is 14.6 Å². The van der Waals surface area contributed by atoms with Gasteiger partial charge in [-0.25, -0.2) is 15.0 Å². The molecule has 3 fully saturated rings. The van der Waals surface area contributed by atoms with E-state index < -0.39 is 0 Å². The van der Waals surface area contributed by atoms with Gasteiger partial charge in [0, 0.05) is 23.4 Å². The molecule has 0 saturated heterocycles. The van der Waals surface area contributed by atoms with Crippen LogP contribution in [0.15, 0.2) is 48.9 Å². The Bertz CT molecular complexity index is 1380. The average molecular weight is 457 g/mol. The van der Waals surface area contributed by atoms with Crippen molar-refractivity contribution in [3.63, 3.8) is 0 Å². The summed E-state index contributed by atoms with van der Waals surface area (Å²) < 4.78 is 7.22. The number of hydrogen-bond donors (Lipinski definition) is 2. The first-order valence-corrected chi connectivity index (χ1v) is 11.4. The SMILES string of the molecule is COc1cc2ncnc(-c3cn(CCO)nc3-c3ccccc3)c2nc1NC(=O)C12CC(C1)C2. The second-order valence-electron chi connectivity index (χ2n) is 9.09. The molecular weight excluding hydrogens is 432 g/mol. The molecule has 172 valence electrons. The fourth-order valence-corrected chi connectivity index (χ4v) is 5.03. The van der Waals surface area contributed by atoms with Gasteiger partial charge in [-0.15, -0.1) is 0 Å². The summed E-state index contributed by atoms with van der Waals surface area (Å²) >= 11 is 0. The zero-order valence-electron chi connectivity index (χ0n) is 18.7. The highest BCUT2D eigenvalue weighted by atomic mass is 16.5. The van der Waals surface area contributed by atoms with Crippen molar-refractivity contribution in [2.24, 2.45) is 11.3 Å². The van der Waals surface area contributed by atoms with Gasteiger partial charge in [0.05, 0.1) is 31.2 Å². The molecule has 0 spiro atoms. The van der Waals surface area contributed by atoms with Gasteiger partial charge in [-0.05, 0) is 25.2 Å². The van der Waals surface area contributed by atoms with E-state index in [1.54, 1.807) is 17.9 Å². The van der Waals surface area contributed by atoms with Crippen molar-refractivity contribution in [2.45, 2.75) is 25.8 Å². The van der Waals surface area contributed by atoms with E-state index in [1.165, 1.54) is 6.33 Å². The Labute approximate surface area is 195 Å². The van der Waals surface area contributed by atoms with Crippen molar-refractivity contribution in [1.29, 1.82) is 0 Å². The van der Waals surface area contributed by atoms with Gasteiger partial charge in [0.25, 0.3) is 0 Å². The van der Waals surface area contributed by atoms with Crippen LogP contribution in [0.2, 0.25) is 0 Å². The van der Waals surface area contributed by atoms with Crippen LogP contribution in [0.3, 0.4) is 0 Å². The highest BCUT2D eigenvalue weighted by Crippen LogP contribution is 2.64. The van der Waals surface area contributed by atoms with Crippen LogP contribution in [-0.2, 0) is 11.3 Å². The Balaban J connectivity index is 1.48. The minimum absolute atomic E-state index is 0.000658. The maximum absolute atomic E-state index is 13.0. The number of rotatable bonds is 7. The van der Waals surface area contributed by atoms with E-state index in [9.17, 15) is 9.90 Å². The van der Waals surface area contributed by atoms with Crippen LogP contribution in [0.5, 0.6) is 5.75 Å². The highest BCUT2D eigenvalue weighted by Gasteiger charge is 2.61. The van der Waals surface area contributed by atoms with Crippen LogP contribution in [0, 0.1) is 11.3 Å². The number of nitrogens with one attached hydrogen (secondary N) is 1. The van der Waals surface area contributed by atoms with E-state index in [2.05, 4.69) is 20.4 Å². The fourth-order valence-electron chi connectivity index (χ4n) is 5.03. The molecule has 3 aliphatic carbocycles. The van der Waals surface area contributed by atoms with E-state index in [1.807, 2.05) is 36.5 Å². The normalized spacial score (nSPS) is 20.5. The molecule has 0 radical (unpaired) electrons. The minimum Gasteiger partial charge on any atom is -0.493 e. The predicted octanol–water partition coefficient (Wildman–Crippen LogP) is 3.29. The van der Waals surface area contributed by atoms with Crippen LogP contribution in [0.25, 0.3) is 33.5 Å². The lowest BCUT2D eigenvalue weighted by Crippen LogP contribution is -2.58. The maximum atomic E-state index is 13.0. The van der Waals surface area contributed by atoms with Crippen LogP contribution in [-0.4, -0.2) is 49.5 Å². The summed E-state index contributed by atoms with van der Waals surface area (Å²) in [5.41, 5.74) is 3.90. The topological polar surface area (TPSA) is 115 Å². The summed E-state index contributed by atoms with van der Waals surface area (Å²) in [4.78, 5) is 26.7. The Morgan fingerprint density at radius 1 is 1.21 bits per heavy atom. The Morgan fingerprint density at radius 2 is 2.00 bits per heavy atom. The van der Waals surface area contributed by atoms with E-state index in [-0.39, 0.29) is 17.9 Å². The number of hydrogen-bond acceptors (Lipinski definition) is 7. The number of carbonyl (C=O) groups excluding carboxylic acids is 1. The molecule has 3 aromatic heterocycles. The number of pyridine rings is 1. The van der Waals surface area contributed by atoms with Gasteiger partial charge in [0.15, 0.2) is 11.6 Å². The maximum Gasteiger partial charge on any atom is 0.231 e. The lowest BCUT2D eigenvalue weighted by Gasteiger charge is -2.59. The van der Waals surface area contributed by atoms with Crippen molar-refractivity contribution in [3.8, 4) is 28.3 Å². The summed E-state index contributed by atoms with van der Waals surface area (Å²) in [6.45, 7) is 0.322. The number of aliphatic hydroxyl groups is 1. The molecule has 1 aromatic carbocycles. The van der Waals surface area contributed by atoms with Crippen LogP contribution in [0.1, 0.15) is 19.3 Å². The van der Waals surface area contributed by atoms with Crippen molar-refractivity contribution >= 4 is 22.8 Å². The van der Waals surface area contributed by atoms with Crippen molar-refractivity contribution in [3.05, 3.63) is 48.9 Å². The monoisotopic (exact) mass is 456 g/mol. The quantitative estimate of drug-likeness (QED) is 0.438. The zero-order chi connectivity index (χ0) is 23.3. The molecule has 3 aliphatic rings. The third kappa shape index (κ3) is 3.23. The number of aromatic nitrogens is 5. The summed E-state index contributed by atoms with van der Waals surface area (Å²) in [5.74, 6) is 1.52. The Kier molecular flexibility index (Phi) is 4.80. The van der Waals surface area contributed by atoms with Gasteiger partial charge in [0.2, 0.25) is 5.91 Å². The number of nitrogens with zero attached hydrogens (tertiary/aromatic N) is 5. The Morgan fingerprint density at radius 3 is 2.68 bits per heavy atom. The molecule has 4 aromatic rings. The molecule has 0 atom stereocenters. The second-order valence-corrected chi connectivity index (χ2v) is 9.09. The third-order valence-corrected chi connectivity index (χ3v) is 6.94. The molecule has 0 unspecified atom stereocenters. The molecule has 9 nitrogen and oxygen atoms in total. The summed E-state index contributed by atoms with van der Waals surface area (Å²) in [6.07, 6.45) is 6.19. The van der Waals surface area contributed by atoms with Gasteiger partial charge in [-0.2, -0.15) is 5.10 Å². The predicted molar refractivity (Wildman–Crippen MR) is 126 cm³/mol. The lowest BCUT2D eigenvalue weighted by atomic mass is 9.44. The Hall–Kier alpha value is -3.85. The first-order valence-electron chi connectivity index (χ1n) is 11.4. The number of benzene rings is 1. The molecule has 9 heteroatoms. The van der Waals surface area contributed by atoms with Gasteiger partial charge in [-0.1, -0.05) is 30.3 Å². The van der Waals surface area contributed by atoms with Gasteiger partial charge in [-0.3, -0.25) is 9.48 Å². The summed E-state index contributed by atoms with van der Waals surface area (Å²) in [5, 5.41) is 17.1. The first kappa shape index (κ1) is 20.7. The van der Waals surface area contributed by atoms with Crippen molar-refractivity contribution in [1.82, 2.24) is 24.7 Å². The summed E-state index contributed by atoms with van der Waals surface area (Å²) in [6, 6.07) is 11.6. The van der Waals surface area contributed by atoms with Gasteiger partial charge >= 0.3 is 0 Å². The zero-order valence-corrected chi connectivity index (χ0v) is 18.7. The highest BCUT2D eigenvalue weighted by molar-refractivity contribution is 6.00. The first-order chi connectivity index (χ1) is 16.6. The van der Waals surface area contributed by atoms with Crippen molar-refractivity contribution in [2.75, 3.05) is 19.0 Å². The number of anilines is 1. The summed E-state index contributed by atoms with van der Waals surface area (Å²) in [7, 11) is 1.55. The third-order valence-electron chi connectivity index (χ3n) is 6.94. The molecule has 3 heterocycles. The molecular formula is C25H24N6O3. The van der Waals surface area contributed by atoms with E-state index in [4.69, 9.17) is 9.72 Å². The molecule has 7 rings (SSSR count). The average Bonchev–Trinajstić information content (AvgIpc) is 3.20.